The largest absolute Gasteiger partial charge is 0.336 e. The lowest BCUT2D eigenvalue weighted by Crippen LogP contribution is -2.40. The smallest absolute Gasteiger partial charge is 0.333 e. The van der Waals surface area contributed by atoms with Gasteiger partial charge >= 0.3 is 13.3 Å². The van der Waals surface area contributed by atoms with E-state index in [2.05, 4.69) is 52.3 Å². The van der Waals surface area contributed by atoms with Crippen molar-refractivity contribution in [2.75, 3.05) is 6.16 Å². The van der Waals surface area contributed by atoms with Crippen LogP contribution in [0.3, 0.4) is 0 Å². The maximum atomic E-state index is 12.9. The lowest BCUT2D eigenvalue weighted by atomic mass is 10.0. The molecule has 4 aromatic rings. The fraction of sp³-hybridized carbons (Fsp3) is 0.269. The Labute approximate surface area is 207 Å². The summed E-state index contributed by atoms with van der Waals surface area (Å²) in [5, 5.41) is 0. The third-order valence-corrected chi connectivity index (χ3v) is 6.85. The second kappa shape index (κ2) is 10.9. The van der Waals surface area contributed by atoms with Gasteiger partial charge in [-0.1, -0.05) is 60.5 Å². The highest BCUT2D eigenvalue weighted by Gasteiger charge is 2.18. The molecule has 0 unspecified atom stereocenters. The molecular formula is C26H27N4O5P. The molecule has 3 N–H and O–H groups in total. The van der Waals surface area contributed by atoms with Crippen LogP contribution in [0.1, 0.15) is 24.2 Å². The minimum Gasteiger partial charge on any atom is -0.336 e. The summed E-state index contributed by atoms with van der Waals surface area (Å²) in [6, 6.07) is 18.3. The van der Waals surface area contributed by atoms with Crippen molar-refractivity contribution in [3.8, 4) is 23.5 Å². The molecule has 0 bridgehead atoms. The van der Waals surface area contributed by atoms with Crippen LogP contribution in [0.5, 0.6) is 0 Å². The first kappa shape index (κ1) is 25.4. The molecule has 0 spiro atoms. The molecule has 36 heavy (non-hydrogen) atoms. The number of terminal acetylenes is 1. The van der Waals surface area contributed by atoms with Gasteiger partial charge in [-0.05, 0) is 36.0 Å². The number of fused-ring (bicyclic) bond motifs is 1. The molecule has 0 aliphatic rings. The van der Waals surface area contributed by atoms with Crippen molar-refractivity contribution >= 4 is 18.8 Å². The van der Waals surface area contributed by atoms with E-state index in [0.717, 1.165) is 21.3 Å². The standard InChI is InChI=1S/C26H27N4O5P/c1-2-16-30-25(31)23-24(29(26(30)32)17-6-7-18-36(33,34)35)28-22(27-23)15-12-19-10-13-21(14-11-19)20-8-4-3-5-9-20/h1,3-5,8-11,13-14H,6-7,12,15-18H2,(H,27,28)(H2,33,34,35). The number of nitrogens with zero attached hydrogens (tertiary/aromatic N) is 3. The van der Waals surface area contributed by atoms with E-state index in [1.54, 1.807) is 0 Å². The van der Waals surface area contributed by atoms with Crippen molar-refractivity contribution in [1.29, 1.82) is 0 Å². The van der Waals surface area contributed by atoms with Crippen LogP contribution >= 0.6 is 7.60 Å². The van der Waals surface area contributed by atoms with Crippen LogP contribution in [0.4, 0.5) is 0 Å². The Bertz CT molecular complexity index is 1560. The predicted molar refractivity (Wildman–Crippen MR) is 139 cm³/mol. The van der Waals surface area contributed by atoms with Crippen LogP contribution in [0.2, 0.25) is 0 Å². The SMILES string of the molecule is C#CCn1c(=O)c2[nH]c(CCc3ccc(-c4ccccc4)cc3)nc2n(CCCCP(=O)(O)O)c1=O. The van der Waals surface area contributed by atoms with Crippen LogP contribution in [0.15, 0.2) is 64.2 Å². The number of benzene rings is 2. The van der Waals surface area contributed by atoms with Crippen molar-refractivity contribution in [3.05, 3.63) is 86.8 Å². The molecule has 0 amide bonds. The lowest BCUT2D eigenvalue weighted by molar-refractivity contribution is 0.370. The van der Waals surface area contributed by atoms with Gasteiger partial charge in [-0.2, -0.15) is 0 Å². The summed E-state index contributed by atoms with van der Waals surface area (Å²) >= 11 is 0. The summed E-state index contributed by atoms with van der Waals surface area (Å²) < 4.78 is 13.4. The first-order chi connectivity index (χ1) is 17.3. The number of aromatic nitrogens is 4. The first-order valence-corrected chi connectivity index (χ1v) is 13.4. The molecule has 10 heteroatoms. The molecule has 9 nitrogen and oxygen atoms in total. The van der Waals surface area contributed by atoms with Crippen LogP contribution in [0, 0.1) is 12.3 Å². The van der Waals surface area contributed by atoms with E-state index in [4.69, 9.17) is 16.2 Å². The average Bonchev–Trinajstić information content (AvgIpc) is 3.29. The molecule has 0 atom stereocenters. The van der Waals surface area contributed by atoms with Gasteiger partial charge in [0.1, 0.15) is 11.3 Å². The first-order valence-electron chi connectivity index (χ1n) is 11.6. The van der Waals surface area contributed by atoms with E-state index in [1.165, 1.54) is 4.57 Å². The van der Waals surface area contributed by atoms with Crippen LogP contribution in [-0.4, -0.2) is 35.1 Å². The van der Waals surface area contributed by atoms with Gasteiger partial charge in [-0.3, -0.25) is 13.9 Å². The Morgan fingerprint density at radius 1 is 0.944 bits per heavy atom. The summed E-state index contributed by atoms with van der Waals surface area (Å²) in [4.78, 5) is 51.6. The number of imidazole rings is 1. The third-order valence-electron chi connectivity index (χ3n) is 5.95. The van der Waals surface area contributed by atoms with Gasteiger partial charge in [0.15, 0.2) is 5.65 Å². The number of aromatic amines is 1. The van der Waals surface area contributed by atoms with Crippen molar-refractivity contribution < 1.29 is 14.4 Å². The number of H-pyrrole nitrogens is 1. The fourth-order valence-electron chi connectivity index (χ4n) is 4.11. The maximum absolute atomic E-state index is 12.9. The molecule has 0 aliphatic heterocycles. The van der Waals surface area contributed by atoms with Gasteiger partial charge in [-0.15, -0.1) is 6.42 Å². The summed E-state index contributed by atoms with van der Waals surface area (Å²) in [7, 11) is -4.12. The Balaban J connectivity index is 1.56. The fourth-order valence-corrected chi connectivity index (χ4v) is 4.75. The van der Waals surface area contributed by atoms with Gasteiger partial charge < -0.3 is 14.8 Å². The van der Waals surface area contributed by atoms with Crippen LogP contribution in [-0.2, 0) is 30.5 Å². The van der Waals surface area contributed by atoms with Crippen LogP contribution < -0.4 is 11.2 Å². The zero-order valence-electron chi connectivity index (χ0n) is 19.6. The Kier molecular flexibility index (Phi) is 7.70. The Morgan fingerprint density at radius 2 is 1.64 bits per heavy atom. The number of hydrogen-bond acceptors (Lipinski definition) is 4. The zero-order chi connectivity index (χ0) is 25.7. The summed E-state index contributed by atoms with van der Waals surface area (Å²) in [5.41, 5.74) is 2.66. The quantitative estimate of drug-likeness (QED) is 0.172. The molecule has 0 fully saturated rings. The lowest BCUT2D eigenvalue weighted by Gasteiger charge is -2.10. The van der Waals surface area contributed by atoms with Gasteiger partial charge in [0, 0.05) is 19.1 Å². The molecule has 2 aromatic carbocycles. The second-order valence-corrected chi connectivity index (χ2v) is 10.3. The third kappa shape index (κ3) is 5.92. The molecule has 0 saturated heterocycles. The molecule has 4 rings (SSSR count). The van der Waals surface area contributed by atoms with Gasteiger partial charge in [0.25, 0.3) is 5.56 Å². The van der Waals surface area contributed by atoms with Crippen molar-refractivity contribution in [2.24, 2.45) is 0 Å². The molecule has 2 aromatic heterocycles. The number of aryl methyl sites for hydroxylation is 3. The van der Waals surface area contributed by atoms with Gasteiger partial charge in [0.2, 0.25) is 0 Å². The zero-order valence-corrected chi connectivity index (χ0v) is 20.5. The second-order valence-electron chi connectivity index (χ2n) is 8.57. The topological polar surface area (TPSA) is 130 Å². The minimum absolute atomic E-state index is 0.158. The summed E-state index contributed by atoms with van der Waals surface area (Å²) in [6.07, 6.45) is 6.85. The summed E-state index contributed by atoms with van der Waals surface area (Å²) in [5.74, 6) is 2.89. The van der Waals surface area contributed by atoms with Crippen molar-refractivity contribution in [1.82, 2.24) is 19.1 Å². The monoisotopic (exact) mass is 506 g/mol. The Hall–Kier alpha value is -3.70. The molecular weight excluding hydrogens is 479 g/mol. The molecule has 0 aliphatic carbocycles. The molecule has 186 valence electrons. The Morgan fingerprint density at radius 3 is 2.31 bits per heavy atom. The number of unbranched alkanes of at least 4 members (excludes halogenated alkanes) is 1. The van der Waals surface area contributed by atoms with E-state index in [9.17, 15) is 14.2 Å². The van der Waals surface area contributed by atoms with E-state index < -0.39 is 18.8 Å². The van der Waals surface area contributed by atoms with Crippen LogP contribution in [0.25, 0.3) is 22.3 Å². The maximum Gasteiger partial charge on any atom is 0.333 e. The molecule has 0 radical (unpaired) electrons. The minimum atomic E-state index is -4.12. The normalized spacial score (nSPS) is 11.6. The van der Waals surface area contributed by atoms with Gasteiger partial charge in [0.05, 0.1) is 6.54 Å². The van der Waals surface area contributed by atoms with Crippen molar-refractivity contribution in [2.45, 2.75) is 38.8 Å². The van der Waals surface area contributed by atoms with E-state index in [1.807, 2.05) is 18.2 Å². The number of hydrogen-bond donors (Lipinski definition) is 3. The average molecular weight is 506 g/mol. The highest BCUT2D eigenvalue weighted by atomic mass is 31.2. The van der Waals surface area contributed by atoms with Crippen molar-refractivity contribution in [3.63, 3.8) is 0 Å². The van der Waals surface area contributed by atoms with Gasteiger partial charge in [-0.25, -0.2) is 14.3 Å². The van der Waals surface area contributed by atoms with E-state index in [0.29, 0.717) is 25.1 Å². The predicted octanol–water partition coefficient (Wildman–Crippen LogP) is 2.93. The molecule has 2 heterocycles. The number of nitrogens with one attached hydrogen (secondary N) is 1. The number of rotatable bonds is 10. The summed E-state index contributed by atoms with van der Waals surface area (Å²) in [6.45, 7) is -0.0242. The highest BCUT2D eigenvalue weighted by Crippen LogP contribution is 2.35. The molecule has 0 saturated carbocycles. The van der Waals surface area contributed by atoms with E-state index >= 15 is 0 Å². The highest BCUT2D eigenvalue weighted by molar-refractivity contribution is 7.51. The van der Waals surface area contributed by atoms with E-state index in [-0.39, 0.29) is 36.8 Å².